The third-order valence-corrected chi connectivity index (χ3v) is 5.68. The van der Waals surface area contributed by atoms with Gasteiger partial charge in [-0.3, -0.25) is 4.79 Å². The van der Waals surface area contributed by atoms with Crippen molar-refractivity contribution in [2.75, 3.05) is 6.61 Å². The molecule has 0 saturated heterocycles. The molecule has 0 unspecified atom stereocenters. The van der Waals surface area contributed by atoms with E-state index in [1.807, 2.05) is 37.6 Å². The van der Waals surface area contributed by atoms with Crippen molar-refractivity contribution in [3.8, 4) is 5.88 Å². The van der Waals surface area contributed by atoms with E-state index >= 15 is 0 Å². The average molecular weight is 431 g/mol. The second kappa shape index (κ2) is 10.3. The Morgan fingerprint density at radius 3 is 2.40 bits per heavy atom. The topological polar surface area (TPSA) is 44.1 Å². The van der Waals surface area contributed by atoms with Crippen molar-refractivity contribution in [1.29, 1.82) is 0 Å². The molecule has 0 aliphatic rings. The van der Waals surface area contributed by atoms with Gasteiger partial charge in [-0.1, -0.05) is 44.4 Å². The summed E-state index contributed by atoms with van der Waals surface area (Å²) in [5.41, 5.74) is 5.99. The summed E-state index contributed by atoms with van der Waals surface area (Å²) in [4.78, 5) is 13.7. The minimum atomic E-state index is -0.0639. The van der Waals surface area contributed by atoms with Crippen LogP contribution in [0.5, 0.6) is 5.88 Å². The summed E-state index contributed by atoms with van der Waals surface area (Å²) >= 11 is 6.51. The highest BCUT2D eigenvalue weighted by Gasteiger charge is 2.27. The number of ether oxygens (including phenoxy) is 1. The number of unbranched alkanes of at least 4 members (excludes halogenated alkanes) is 1. The first-order valence-corrected chi connectivity index (χ1v) is 11.2. The molecule has 0 spiro atoms. The standard InChI is InChI=1S/C25H35ClN2O2/c1-9-10-13-30-25-23(19(8)27-28(25)14-15(2)3)24(29)20-11-12-21(26)22(18(20)7)17(6)16(4)5/h11-12,15H,9-10,13-14H2,1-8H3. The number of rotatable bonds is 9. The van der Waals surface area contributed by atoms with Crippen LogP contribution in [-0.2, 0) is 6.54 Å². The molecule has 0 bridgehead atoms. The van der Waals surface area contributed by atoms with Gasteiger partial charge in [0, 0.05) is 17.1 Å². The van der Waals surface area contributed by atoms with Gasteiger partial charge in [-0.25, -0.2) is 4.68 Å². The summed E-state index contributed by atoms with van der Waals surface area (Å²) in [5, 5.41) is 5.31. The summed E-state index contributed by atoms with van der Waals surface area (Å²) in [7, 11) is 0. The van der Waals surface area contributed by atoms with E-state index in [-0.39, 0.29) is 5.78 Å². The molecule has 1 aromatic carbocycles. The van der Waals surface area contributed by atoms with E-state index < -0.39 is 0 Å². The van der Waals surface area contributed by atoms with E-state index in [0.717, 1.165) is 29.5 Å². The normalized spacial score (nSPS) is 11.1. The molecule has 164 valence electrons. The van der Waals surface area contributed by atoms with Crippen LogP contribution in [0.2, 0.25) is 5.02 Å². The van der Waals surface area contributed by atoms with Crippen LogP contribution in [0.1, 0.15) is 87.1 Å². The summed E-state index contributed by atoms with van der Waals surface area (Å²) < 4.78 is 7.94. The van der Waals surface area contributed by atoms with Crippen molar-refractivity contribution >= 4 is 23.0 Å². The predicted octanol–water partition coefficient (Wildman–Crippen LogP) is 7.03. The molecule has 1 heterocycles. The number of aryl methyl sites for hydroxylation is 1. The zero-order valence-electron chi connectivity index (χ0n) is 19.6. The first kappa shape index (κ1) is 24.2. The lowest BCUT2D eigenvalue weighted by atomic mass is 9.91. The molecule has 4 nitrogen and oxygen atoms in total. The minimum Gasteiger partial charge on any atom is -0.477 e. The van der Waals surface area contributed by atoms with E-state index in [0.29, 0.717) is 46.8 Å². The van der Waals surface area contributed by atoms with Crippen LogP contribution in [0, 0.1) is 19.8 Å². The highest BCUT2D eigenvalue weighted by molar-refractivity contribution is 6.32. The Morgan fingerprint density at radius 2 is 1.83 bits per heavy atom. The van der Waals surface area contributed by atoms with Crippen molar-refractivity contribution in [3.63, 3.8) is 0 Å². The van der Waals surface area contributed by atoms with Crippen molar-refractivity contribution in [2.45, 2.75) is 74.8 Å². The number of ketones is 1. The van der Waals surface area contributed by atoms with Gasteiger partial charge in [0.15, 0.2) is 0 Å². The van der Waals surface area contributed by atoms with Gasteiger partial charge in [-0.2, -0.15) is 5.10 Å². The molecule has 0 saturated carbocycles. The zero-order valence-corrected chi connectivity index (χ0v) is 20.4. The van der Waals surface area contributed by atoms with Gasteiger partial charge >= 0.3 is 0 Å². The number of benzene rings is 1. The molecule has 0 radical (unpaired) electrons. The lowest BCUT2D eigenvalue weighted by Crippen LogP contribution is -2.13. The molecule has 0 N–H and O–H groups in total. The predicted molar refractivity (Wildman–Crippen MR) is 126 cm³/mol. The maximum absolute atomic E-state index is 13.7. The Kier molecular flexibility index (Phi) is 8.31. The molecule has 0 fully saturated rings. The van der Waals surface area contributed by atoms with Crippen LogP contribution in [-0.4, -0.2) is 22.2 Å². The number of halogens is 1. The first-order valence-electron chi connectivity index (χ1n) is 10.8. The first-order chi connectivity index (χ1) is 14.1. The molecule has 0 atom stereocenters. The van der Waals surface area contributed by atoms with Crippen LogP contribution in [0.4, 0.5) is 0 Å². The highest BCUT2D eigenvalue weighted by atomic mass is 35.5. The number of carbonyl (C=O) groups is 1. The molecule has 2 rings (SSSR count). The van der Waals surface area contributed by atoms with Gasteiger partial charge in [0.05, 0.1) is 12.3 Å². The Morgan fingerprint density at radius 1 is 1.17 bits per heavy atom. The largest absolute Gasteiger partial charge is 0.477 e. The minimum absolute atomic E-state index is 0.0639. The molecule has 1 aromatic heterocycles. The number of hydrogen-bond acceptors (Lipinski definition) is 3. The molecular formula is C25H35ClN2O2. The molecule has 2 aromatic rings. The van der Waals surface area contributed by atoms with Gasteiger partial charge in [0.2, 0.25) is 11.7 Å². The van der Waals surface area contributed by atoms with Crippen LogP contribution in [0.15, 0.2) is 17.7 Å². The second-order valence-electron chi connectivity index (χ2n) is 8.59. The smallest absolute Gasteiger partial charge is 0.223 e. The summed E-state index contributed by atoms with van der Waals surface area (Å²) in [5.74, 6) is 0.908. The van der Waals surface area contributed by atoms with Crippen molar-refractivity contribution in [2.24, 2.45) is 5.92 Å². The number of hydrogen-bond donors (Lipinski definition) is 0. The van der Waals surface area contributed by atoms with Gasteiger partial charge in [0.1, 0.15) is 5.56 Å². The fourth-order valence-corrected chi connectivity index (χ4v) is 3.87. The molecule has 0 amide bonds. The monoisotopic (exact) mass is 430 g/mol. The van der Waals surface area contributed by atoms with Crippen LogP contribution in [0.3, 0.4) is 0 Å². The third-order valence-electron chi connectivity index (χ3n) is 5.37. The maximum Gasteiger partial charge on any atom is 0.223 e. The molecule has 0 aliphatic carbocycles. The number of aromatic nitrogens is 2. The molecule has 0 aliphatic heterocycles. The Hall–Kier alpha value is -2.07. The van der Waals surface area contributed by atoms with E-state index in [1.165, 1.54) is 5.57 Å². The van der Waals surface area contributed by atoms with Crippen LogP contribution < -0.4 is 4.74 Å². The Bertz CT molecular complexity index is 951. The summed E-state index contributed by atoms with van der Waals surface area (Å²) in [6.07, 6.45) is 1.96. The average Bonchev–Trinajstić information content (AvgIpc) is 2.95. The Labute approximate surface area is 186 Å². The third kappa shape index (κ3) is 5.15. The number of allylic oxidation sites excluding steroid dienone is 2. The van der Waals surface area contributed by atoms with E-state index in [1.54, 1.807) is 0 Å². The molecule has 5 heteroatoms. The Balaban J connectivity index is 2.62. The fourth-order valence-electron chi connectivity index (χ4n) is 3.52. The van der Waals surface area contributed by atoms with Gasteiger partial charge in [-0.15, -0.1) is 0 Å². The fraction of sp³-hybridized carbons (Fsp3) is 0.520. The summed E-state index contributed by atoms with van der Waals surface area (Å²) in [6, 6.07) is 3.63. The quantitative estimate of drug-likeness (QED) is 0.316. The maximum atomic E-state index is 13.7. The lowest BCUT2D eigenvalue weighted by Gasteiger charge is -2.16. The van der Waals surface area contributed by atoms with Crippen molar-refractivity contribution in [1.82, 2.24) is 9.78 Å². The molecule has 30 heavy (non-hydrogen) atoms. The van der Waals surface area contributed by atoms with Crippen molar-refractivity contribution in [3.05, 3.63) is 50.7 Å². The van der Waals surface area contributed by atoms with Crippen LogP contribution in [0.25, 0.3) is 5.57 Å². The number of nitrogens with zero attached hydrogens (tertiary/aromatic N) is 2. The number of carbonyl (C=O) groups excluding carboxylic acids is 1. The van der Waals surface area contributed by atoms with Crippen molar-refractivity contribution < 1.29 is 9.53 Å². The van der Waals surface area contributed by atoms with Gasteiger partial charge in [0.25, 0.3) is 0 Å². The highest BCUT2D eigenvalue weighted by Crippen LogP contribution is 2.34. The van der Waals surface area contributed by atoms with Gasteiger partial charge < -0.3 is 4.74 Å². The SMILES string of the molecule is CCCCOc1c(C(=O)c2ccc(Cl)c(C(C)=C(C)C)c2C)c(C)nn1CC(C)C. The zero-order chi connectivity index (χ0) is 22.6. The molecular weight excluding hydrogens is 396 g/mol. The van der Waals surface area contributed by atoms with Gasteiger partial charge in [-0.05, 0) is 75.8 Å². The van der Waals surface area contributed by atoms with E-state index in [9.17, 15) is 4.79 Å². The summed E-state index contributed by atoms with van der Waals surface area (Å²) in [6.45, 7) is 17.7. The van der Waals surface area contributed by atoms with E-state index in [4.69, 9.17) is 16.3 Å². The lowest BCUT2D eigenvalue weighted by molar-refractivity contribution is 0.103. The second-order valence-corrected chi connectivity index (χ2v) is 9.00. The van der Waals surface area contributed by atoms with Crippen LogP contribution >= 0.6 is 11.6 Å². The van der Waals surface area contributed by atoms with E-state index in [2.05, 4.69) is 39.7 Å².